The second-order valence-electron chi connectivity index (χ2n) is 9.82. The summed E-state index contributed by atoms with van der Waals surface area (Å²) < 4.78 is 1.49. The average molecular weight is 526 g/mol. The van der Waals surface area contributed by atoms with Gasteiger partial charge in [-0.2, -0.15) is 9.78 Å². The summed E-state index contributed by atoms with van der Waals surface area (Å²) in [6.07, 6.45) is 2.07. The predicted molar refractivity (Wildman–Crippen MR) is 151 cm³/mol. The van der Waals surface area contributed by atoms with Crippen molar-refractivity contribution >= 4 is 34.3 Å². The lowest BCUT2D eigenvalue weighted by atomic mass is 9.89. The summed E-state index contributed by atoms with van der Waals surface area (Å²) in [7, 11) is 0. The lowest BCUT2D eigenvalue weighted by Gasteiger charge is -2.24. The molecule has 1 saturated heterocycles. The van der Waals surface area contributed by atoms with Crippen LogP contribution in [0.25, 0.3) is 38.9 Å². The molecule has 1 N–H and O–H groups in total. The van der Waals surface area contributed by atoms with Crippen LogP contribution in [0.4, 0.5) is 4.79 Å². The van der Waals surface area contributed by atoms with Gasteiger partial charge < -0.3 is 5.32 Å². The van der Waals surface area contributed by atoms with Gasteiger partial charge >= 0.3 is 6.03 Å². The first-order valence-electron chi connectivity index (χ1n) is 13.0. The molecule has 3 amide bonds. The molecule has 194 valence electrons. The number of carbonyl (C=O) groups is 3. The number of allylic oxidation sites excluding steroid dienone is 1. The molecular weight excluding hydrogens is 502 g/mol. The zero-order chi connectivity index (χ0) is 27.2. The Morgan fingerprint density at radius 1 is 0.800 bits per heavy atom. The van der Waals surface area contributed by atoms with Crippen LogP contribution in [0, 0.1) is 0 Å². The summed E-state index contributed by atoms with van der Waals surface area (Å²) >= 11 is 0. The SMILES string of the molecule is O=C1CNC(=O)N1CC1=C(c2ccc3ncccc3c2)C(=O)n2nc(-c3ccccc3)c(-c3ccccc3)c2C1. The molecule has 0 aliphatic carbocycles. The van der Waals surface area contributed by atoms with Gasteiger partial charge in [0.15, 0.2) is 0 Å². The topological polar surface area (TPSA) is 97.2 Å². The Balaban J connectivity index is 1.44. The smallest absolute Gasteiger partial charge is 0.324 e. The Morgan fingerprint density at radius 2 is 1.55 bits per heavy atom. The van der Waals surface area contributed by atoms with Gasteiger partial charge in [0.1, 0.15) is 5.69 Å². The van der Waals surface area contributed by atoms with Crippen LogP contribution in [0.1, 0.15) is 16.1 Å². The third-order valence-corrected chi connectivity index (χ3v) is 7.41. The van der Waals surface area contributed by atoms with E-state index in [-0.39, 0.29) is 24.9 Å². The van der Waals surface area contributed by atoms with E-state index >= 15 is 0 Å². The van der Waals surface area contributed by atoms with E-state index < -0.39 is 6.03 Å². The molecule has 2 aromatic heterocycles. The second kappa shape index (κ2) is 9.43. The fraction of sp³-hybridized carbons (Fsp3) is 0.0938. The van der Waals surface area contributed by atoms with Crippen LogP contribution in [-0.4, -0.2) is 50.6 Å². The molecule has 2 aliphatic rings. The van der Waals surface area contributed by atoms with Gasteiger partial charge in [0.05, 0.1) is 29.9 Å². The minimum Gasteiger partial charge on any atom is -0.329 e. The zero-order valence-electron chi connectivity index (χ0n) is 21.4. The quantitative estimate of drug-likeness (QED) is 0.327. The number of pyridine rings is 1. The van der Waals surface area contributed by atoms with Gasteiger partial charge in [-0.15, -0.1) is 0 Å². The number of nitrogens with zero attached hydrogens (tertiary/aromatic N) is 4. The molecule has 4 heterocycles. The maximum absolute atomic E-state index is 14.4. The number of hydrogen-bond acceptors (Lipinski definition) is 5. The number of hydrogen-bond donors (Lipinski definition) is 1. The molecule has 8 heteroatoms. The van der Waals surface area contributed by atoms with Crippen molar-refractivity contribution in [1.29, 1.82) is 0 Å². The first-order chi connectivity index (χ1) is 19.6. The fourth-order valence-corrected chi connectivity index (χ4v) is 5.54. The van der Waals surface area contributed by atoms with Crippen molar-refractivity contribution in [3.05, 3.63) is 114 Å². The first-order valence-corrected chi connectivity index (χ1v) is 13.0. The van der Waals surface area contributed by atoms with Gasteiger partial charge in [-0.05, 0) is 34.9 Å². The van der Waals surface area contributed by atoms with Crippen LogP contribution in [0.3, 0.4) is 0 Å². The van der Waals surface area contributed by atoms with Crippen molar-refractivity contribution < 1.29 is 14.4 Å². The van der Waals surface area contributed by atoms with E-state index in [0.717, 1.165) is 33.3 Å². The van der Waals surface area contributed by atoms with Crippen molar-refractivity contribution in [2.24, 2.45) is 0 Å². The van der Waals surface area contributed by atoms with E-state index in [2.05, 4.69) is 10.3 Å². The van der Waals surface area contributed by atoms with E-state index in [9.17, 15) is 14.4 Å². The molecule has 0 unspecified atom stereocenters. The number of benzene rings is 3. The van der Waals surface area contributed by atoms with E-state index in [1.54, 1.807) is 6.20 Å². The molecule has 2 aliphatic heterocycles. The molecule has 40 heavy (non-hydrogen) atoms. The van der Waals surface area contributed by atoms with Gasteiger partial charge in [-0.1, -0.05) is 72.8 Å². The van der Waals surface area contributed by atoms with Crippen molar-refractivity contribution in [2.75, 3.05) is 13.1 Å². The van der Waals surface area contributed by atoms with Gasteiger partial charge in [-0.3, -0.25) is 19.5 Å². The van der Waals surface area contributed by atoms with Crippen LogP contribution in [0.2, 0.25) is 0 Å². The minimum absolute atomic E-state index is 0.0108. The predicted octanol–water partition coefficient (Wildman–Crippen LogP) is 4.97. The number of imide groups is 1. The molecule has 0 saturated carbocycles. The number of rotatable bonds is 5. The fourth-order valence-electron chi connectivity index (χ4n) is 5.54. The van der Waals surface area contributed by atoms with Crippen LogP contribution >= 0.6 is 0 Å². The van der Waals surface area contributed by atoms with E-state index in [4.69, 9.17) is 5.10 Å². The second-order valence-corrected chi connectivity index (χ2v) is 9.82. The number of nitrogens with one attached hydrogen (secondary N) is 1. The monoisotopic (exact) mass is 525 g/mol. The Kier molecular flexibility index (Phi) is 5.59. The highest BCUT2D eigenvalue weighted by Crippen LogP contribution is 2.40. The normalized spacial score (nSPS) is 15.1. The number of carbonyl (C=O) groups excluding carboxylic acids is 3. The van der Waals surface area contributed by atoms with Crippen molar-refractivity contribution in [3.63, 3.8) is 0 Å². The first kappa shape index (κ1) is 23.7. The van der Waals surface area contributed by atoms with Crippen LogP contribution in [-0.2, 0) is 11.2 Å². The number of urea groups is 1. The highest BCUT2D eigenvalue weighted by atomic mass is 16.2. The summed E-state index contributed by atoms with van der Waals surface area (Å²) in [6, 6.07) is 28.6. The molecule has 0 spiro atoms. The summed E-state index contributed by atoms with van der Waals surface area (Å²) in [6.45, 7) is -0.0424. The third kappa shape index (κ3) is 3.89. The van der Waals surface area contributed by atoms with Gasteiger partial charge in [0.2, 0.25) is 5.91 Å². The van der Waals surface area contributed by atoms with Crippen LogP contribution in [0.5, 0.6) is 0 Å². The molecule has 7 rings (SSSR count). The number of aromatic nitrogens is 3. The Bertz CT molecular complexity index is 1840. The lowest BCUT2D eigenvalue weighted by Crippen LogP contribution is -2.35. The third-order valence-electron chi connectivity index (χ3n) is 7.41. The van der Waals surface area contributed by atoms with E-state index in [1.165, 1.54) is 9.58 Å². The molecule has 8 nitrogen and oxygen atoms in total. The highest BCUT2D eigenvalue weighted by Gasteiger charge is 2.36. The largest absolute Gasteiger partial charge is 0.329 e. The maximum Gasteiger partial charge on any atom is 0.324 e. The molecule has 3 aromatic carbocycles. The molecule has 1 fully saturated rings. The Hall–Kier alpha value is -5.37. The summed E-state index contributed by atoms with van der Waals surface area (Å²) in [4.78, 5) is 45.1. The van der Waals surface area contributed by atoms with Crippen molar-refractivity contribution in [3.8, 4) is 22.4 Å². The van der Waals surface area contributed by atoms with Gasteiger partial charge in [0, 0.05) is 29.1 Å². The van der Waals surface area contributed by atoms with Crippen LogP contribution in [0.15, 0.2) is 103 Å². The van der Waals surface area contributed by atoms with Gasteiger partial charge in [0.25, 0.3) is 5.91 Å². The summed E-state index contributed by atoms with van der Waals surface area (Å²) in [5.74, 6) is -0.620. The average Bonchev–Trinajstić information content (AvgIpc) is 3.53. The molecule has 0 radical (unpaired) electrons. The van der Waals surface area contributed by atoms with Crippen LogP contribution < -0.4 is 5.32 Å². The lowest BCUT2D eigenvalue weighted by molar-refractivity contribution is -0.124. The van der Waals surface area contributed by atoms with Gasteiger partial charge in [-0.25, -0.2) is 4.79 Å². The number of amides is 3. The highest BCUT2D eigenvalue weighted by molar-refractivity contribution is 6.23. The van der Waals surface area contributed by atoms with E-state index in [0.29, 0.717) is 28.8 Å². The van der Waals surface area contributed by atoms with Crippen molar-refractivity contribution in [1.82, 2.24) is 25.0 Å². The molecule has 0 bridgehead atoms. The van der Waals surface area contributed by atoms with Crippen molar-refractivity contribution in [2.45, 2.75) is 6.42 Å². The number of fused-ring (bicyclic) bond motifs is 2. The summed E-state index contributed by atoms with van der Waals surface area (Å²) in [5.41, 5.74) is 6.73. The Morgan fingerprint density at radius 3 is 2.27 bits per heavy atom. The van der Waals surface area contributed by atoms with E-state index in [1.807, 2.05) is 91.0 Å². The summed E-state index contributed by atoms with van der Waals surface area (Å²) in [5, 5.41) is 8.34. The maximum atomic E-state index is 14.4. The molecule has 0 atom stereocenters. The zero-order valence-corrected chi connectivity index (χ0v) is 21.4. The minimum atomic E-state index is -0.459. The molecular formula is C32H23N5O3. The Labute approximate surface area is 229 Å². The standard InChI is InChI=1S/C32H23N5O3/c38-27-18-34-32(40)36(27)19-24-17-26-29(20-8-3-1-4-9-20)30(21-10-5-2-6-11-21)35-37(26)31(39)28(24)23-13-14-25-22(16-23)12-7-15-33-25/h1-16H,17-19H2,(H,34,40). The molecule has 5 aromatic rings.